The molecule has 2 aromatic rings. The van der Waals surface area contributed by atoms with Crippen LogP contribution in [0.2, 0.25) is 0 Å². The number of nitrogens with zero attached hydrogens (tertiary/aromatic N) is 3. The van der Waals surface area contributed by atoms with Gasteiger partial charge in [0.25, 0.3) is 0 Å². The van der Waals surface area contributed by atoms with Gasteiger partial charge in [-0.15, -0.1) is 11.6 Å². The van der Waals surface area contributed by atoms with Gasteiger partial charge in [-0.25, -0.2) is 4.98 Å². The summed E-state index contributed by atoms with van der Waals surface area (Å²) in [4.78, 5) is 8.62. The van der Waals surface area contributed by atoms with Crippen molar-refractivity contribution in [3.05, 3.63) is 24.3 Å². The lowest BCUT2D eigenvalue weighted by Gasteiger charge is -2.15. The zero-order chi connectivity index (χ0) is 12.3. The molecule has 17 heavy (non-hydrogen) atoms. The molecule has 0 aliphatic carbocycles. The van der Waals surface area contributed by atoms with E-state index in [9.17, 15) is 0 Å². The molecule has 0 atom stereocenters. The molecule has 2 aromatic heterocycles. The molecule has 3 nitrogen and oxygen atoms in total. The van der Waals surface area contributed by atoms with Crippen molar-refractivity contribution in [3.8, 4) is 0 Å². The number of rotatable bonds is 5. The Bertz CT molecular complexity index is 488. The molecule has 0 fully saturated rings. The number of fused-ring (bicyclic) bond motifs is 1. The lowest BCUT2D eigenvalue weighted by Crippen LogP contribution is -2.11. The van der Waals surface area contributed by atoms with Crippen molar-refractivity contribution in [3.63, 3.8) is 0 Å². The van der Waals surface area contributed by atoms with Crippen molar-refractivity contribution >= 4 is 22.6 Å². The van der Waals surface area contributed by atoms with E-state index in [0.717, 1.165) is 23.4 Å². The van der Waals surface area contributed by atoms with E-state index in [1.165, 1.54) is 12.8 Å². The standard InChI is InChI=1S/C13H18ClN3/c1-3-10(4-2)9-17-12-5-6-15-8-11(12)16-13(17)7-14/h5-6,8,10H,3-4,7,9H2,1-2H3. The van der Waals surface area contributed by atoms with Gasteiger partial charge in [-0.3, -0.25) is 4.98 Å². The van der Waals surface area contributed by atoms with Crippen LogP contribution >= 0.6 is 11.6 Å². The van der Waals surface area contributed by atoms with Gasteiger partial charge in [-0.2, -0.15) is 0 Å². The van der Waals surface area contributed by atoms with Crippen LogP contribution in [-0.4, -0.2) is 14.5 Å². The van der Waals surface area contributed by atoms with Crippen molar-refractivity contribution in [1.29, 1.82) is 0 Å². The normalized spacial score (nSPS) is 11.5. The summed E-state index contributed by atoms with van der Waals surface area (Å²) in [5.41, 5.74) is 2.08. The molecule has 0 aliphatic rings. The summed E-state index contributed by atoms with van der Waals surface area (Å²) in [6.45, 7) is 5.46. The first-order valence-corrected chi connectivity index (χ1v) is 6.68. The molecule has 0 saturated carbocycles. The summed E-state index contributed by atoms with van der Waals surface area (Å²) >= 11 is 5.97. The predicted octanol–water partition coefficient (Wildman–Crippen LogP) is 3.61. The Balaban J connectivity index is 2.42. The van der Waals surface area contributed by atoms with Gasteiger partial charge >= 0.3 is 0 Å². The molecule has 92 valence electrons. The second kappa shape index (κ2) is 5.50. The number of hydrogen-bond donors (Lipinski definition) is 0. The lowest BCUT2D eigenvalue weighted by molar-refractivity contribution is 0.419. The van der Waals surface area contributed by atoms with Crippen LogP contribution in [0.4, 0.5) is 0 Å². The van der Waals surface area contributed by atoms with Gasteiger partial charge in [-0.05, 0) is 12.0 Å². The van der Waals surface area contributed by atoms with E-state index in [1.54, 1.807) is 6.20 Å². The average Bonchev–Trinajstić information content (AvgIpc) is 2.73. The quantitative estimate of drug-likeness (QED) is 0.760. The number of hydrogen-bond acceptors (Lipinski definition) is 2. The number of alkyl halides is 1. The number of halogens is 1. The first-order valence-electron chi connectivity index (χ1n) is 6.15. The first-order chi connectivity index (χ1) is 8.30. The van der Waals surface area contributed by atoms with E-state index in [-0.39, 0.29) is 0 Å². The third-order valence-corrected chi connectivity index (χ3v) is 3.58. The van der Waals surface area contributed by atoms with Crippen LogP contribution in [0.15, 0.2) is 18.5 Å². The van der Waals surface area contributed by atoms with Crippen molar-refractivity contribution in [1.82, 2.24) is 14.5 Å². The first kappa shape index (κ1) is 12.4. The van der Waals surface area contributed by atoms with E-state index in [4.69, 9.17) is 11.6 Å². The van der Waals surface area contributed by atoms with Crippen molar-refractivity contribution in [2.75, 3.05) is 0 Å². The molecule has 4 heteroatoms. The molecular formula is C13H18ClN3. The Hall–Kier alpha value is -1.09. The largest absolute Gasteiger partial charge is 0.327 e. The van der Waals surface area contributed by atoms with Crippen molar-refractivity contribution < 1.29 is 0 Å². The minimum absolute atomic E-state index is 0.453. The van der Waals surface area contributed by atoms with Gasteiger partial charge < -0.3 is 4.57 Å². The van der Waals surface area contributed by atoms with Crippen LogP contribution < -0.4 is 0 Å². The Morgan fingerprint density at radius 3 is 2.76 bits per heavy atom. The second-order valence-electron chi connectivity index (χ2n) is 4.32. The summed E-state index contributed by atoms with van der Waals surface area (Å²) < 4.78 is 2.24. The summed E-state index contributed by atoms with van der Waals surface area (Å²) in [5, 5.41) is 0. The fourth-order valence-corrected chi connectivity index (χ4v) is 2.35. The Labute approximate surface area is 107 Å². The number of aromatic nitrogens is 3. The van der Waals surface area contributed by atoms with Gasteiger partial charge in [-0.1, -0.05) is 26.7 Å². The fraction of sp³-hybridized carbons (Fsp3) is 0.538. The molecule has 2 heterocycles. The van der Waals surface area contributed by atoms with Gasteiger partial charge in [0, 0.05) is 12.7 Å². The molecule has 0 spiro atoms. The molecule has 0 aromatic carbocycles. The molecule has 0 amide bonds. The summed E-state index contributed by atoms with van der Waals surface area (Å²) in [6.07, 6.45) is 5.98. The number of imidazole rings is 1. The molecule has 2 rings (SSSR count). The minimum atomic E-state index is 0.453. The zero-order valence-electron chi connectivity index (χ0n) is 10.4. The molecule has 0 aliphatic heterocycles. The molecule has 0 radical (unpaired) electrons. The maximum Gasteiger partial charge on any atom is 0.124 e. The molecular weight excluding hydrogens is 234 g/mol. The van der Waals surface area contributed by atoms with Crippen LogP contribution in [0.3, 0.4) is 0 Å². The molecule has 0 N–H and O–H groups in total. The van der Waals surface area contributed by atoms with Crippen LogP contribution in [0.5, 0.6) is 0 Å². The SMILES string of the molecule is CCC(CC)Cn1c(CCl)nc2cnccc21. The van der Waals surface area contributed by atoms with Crippen molar-refractivity contribution in [2.45, 2.75) is 39.1 Å². The number of pyridine rings is 1. The van der Waals surface area contributed by atoms with E-state index in [1.807, 2.05) is 12.3 Å². The topological polar surface area (TPSA) is 30.7 Å². The predicted molar refractivity (Wildman–Crippen MR) is 71.2 cm³/mol. The van der Waals surface area contributed by atoms with E-state index < -0.39 is 0 Å². The van der Waals surface area contributed by atoms with Crippen molar-refractivity contribution in [2.24, 2.45) is 5.92 Å². The van der Waals surface area contributed by atoms with E-state index in [0.29, 0.717) is 11.8 Å². The highest BCUT2D eigenvalue weighted by Crippen LogP contribution is 2.20. The minimum Gasteiger partial charge on any atom is -0.327 e. The third-order valence-electron chi connectivity index (χ3n) is 3.34. The fourth-order valence-electron chi connectivity index (χ4n) is 2.14. The highest BCUT2D eigenvalue weighted by atomic mass is 35.5. The smallest absolute Gasteiger partial charge is 0.124 e. The highest BCUT2D eigenvalue weighted by Gasteiger charge is 2.13. The summed E-state index contributed by atoms with van der Waals surface area (Å²) in [6, 6.07) is 2.01. The monoisotopic (exact) mass is 251 g/mol. The van der Waals surface area contributed by atoms with Gasteiger partial charge in [0.1, 0.15) is 11.3 Å². The van der Waals surface area contributed by atoms with E-state index in [2.05, 4.69) is 28.4 Å². The molecule has 0 saturated heterocycles. The third kappa shape index (κ3) is 2.44. The Morgan fingerprint density at radius 2 is 2.12 bits per heavy atom. The summed E-state index contributed by atoms with van der Waals surface area (Å²) in [7, 11) is 0. The zero-order valence-corrected chi connectivity index (χ0v) is 11.1. The highest BCUT2D eigenvalue weighted by molar-refractivity contribution is 6.16. The molecule has 0 unspecified atom stereocenters. The Kier molecular flexibility index (Phi) is 4.00. The maximum absolute atomic E-state index is 5.97. The summed E-state index contributed by atoms with van der Waals surface area (Å²) in [5.74, 6) is 2.08. The second-order valence-corrected chi connectivity index (χ2v) is 4.59. The van der Waals surface area contributed by atoms with Crippen LogP contribution in [0.25, 0.3) is 11.0 Å². The van der Waals surface area contributed by atoms with Crippen LogP contribution in [-0.2, 0) is 12.4 Å². The van der Waals surface area contributed by atoms with E-state index >= 15 is 0 Å². The van der Waals surface area contributed by atoms with Crippen LogP contribution in [0.1, 0.15) is 32.5 Å². The van der Waals surface area contributed by atoms with Gasteiger partial charge in [0.2, 0.25) is 0 Å². The average molecular weight is 252 g/mol. The molecule has 0 bridgehead atoms. The van der Waals surface area contributed by atoms with Gasteiger partial charge in [0.15, 0.2) is 0 Å². The maximum atomic E-state index is 5.97. The Morgan fingerprint density at radius 1 is 1.35 bits per heavy atom. The lowest BCUT2D eigenvalue weighted by atomic mass is 10.0. The van der Waals surface area contributed by atoms with Crippen LogP contribution in [0, 0.1) is 5.92 Å². The van der Waals surface area contributed by atoms with Gasteiger partial charge in [0.05, 0.1) is 17.6 Å².